The fourth-order valence-corrected chi connectivity index (χ4v) is 4.61. The predicted octanol–water partition coefficient (Wildman–Crippen LogP) is 2.83. The monoisotopic (exact) mass is 376 g/mol. The van der Waals surface area contributed by atoms with Gasteiger partial charge in [-0.25, -0.2) is 4.98 Å². The summed E-state index contributed by atoms with van der Waals surface area (Å²) in [6, 6.07) is 11.1. The Labute approximate surface area is 166 Å². The van der Waals surface area contributed by atoms with Crippen LogP contribution in [0.3, 0.4) is 0 Å². The lowest BCUT2D eigenvalue weighted by Crippen LogP contribution is -2.44. The number of piperazine rings is 1. The zero-order chi connectivity index (χ0) is 19.1. The number of aryl methyl sites for hydroxylation is 1. The van der Waals surface area contributed by atoms with Crippen LogP contribution in [-0.2, 0) is 13.0 Å². The number of benzene rings is 1. The summed E-state index contributed by atoms with van der Waals surface area (Å²) in [5.74, 6) is 1.03. The summed E-state index contributed by atoms with van der Waals surface area (Å²) in [6.45, 7) is 5.12. The van der Waals surface area contributed by atoms with E-state index in [1.54, 1.807) is 0 Å². The van der Waals surface area contributed by atoms with Crippen molar-refractivity contribution < 1.29 is 0 Å². The first kappa shape index (κ1) is 17.6. The summed E-state index contributed by atoms with van der Waals surface area (Å²) < 4.78 is 0. The second-order valence-corrected chi connectivity index (χ2v) is 8.16. The van der Waals surface area contributed by atoms with Crippen LogP contribution in [0.15, 0.2) is 36.5 Å². The van der Waals surface area contributed by atoms with E-state index < -0.39 is 0 Å². The highest BCUT2D eigenvalue weighted by Gasteiger charge is 2.27. The van der Waals surface area contributed by atoms with Gasteiger partial charge in [0.25, 0.3) is 0 Å². The van der Waals surface area contributed by atoms with Gasteiger partial charge in [-0.1, -0.05) is 12.1 Å². The molecular weight excluding hydrogens is 348 g/mol. The maximum Gasteiger partial charge on any atom is 0.121 e. The van der Waals surface area contributed by atoms with Crippen molar-refractivity contribution in [1.29, 1.82) is 0 Å². The molecule has 0 saturated carbocycles. The largest absolute Gasteiger partial charge is 0.367 e. The van der Waals surface area contributed by atoms with E-state index in [4.69, 9.17) is 4.98 Å². The fraction of sp³-hybridized carbons (Fsp3) is 0.455. The van der Waals surface area contributed by atoms with E-state index in [2.05, 4.69) is 63.0 Å². The summed E-state index contributed by atoms with van der Waals surface area (Å²) >= 11 is 0. The van der Waals surface area contributed by atoms with E-state index in [-0.39, 0.29) is 0 Å². The number of para-hydroxylation sites is 1. The van der Waals surface area contributed by atoms with Crippen molar-refractivity contribution in [2.45, 2.75) is 25.4 Å². The van der Waals surface area contributed by atoms with Crippen molar-refractivity contribution in [2.24, 2.45) is 0 Å². The first-order valence-corrected chi connectivity index (χ1v) is 10.2. The summed E-state index contributed by atoms with van der Waals surface area (Å²) in [4.78, 5) is 20.4. The third kappa shape index (κ3) is 3.16. The van der Waals surface area contributed by atoms with Gasteiger partial charge in [-0.05, 0) is 50.7 Å². The Hall–Kier alpha value is -2.44. The first-order chi connectivity index (χ1) is 13.7. The minimum Gasteiger partial charge on any atom is -0.367 e. The van der Waals surface area contributed by atoms with Gasteiger partial charge in [0.1, 0.15) is 11.3 Å². The lowest BCUT2D eigenvalue weighted by Gasteiger charge is -2.34. The van der Waals surface area contributed by atoms with Crippen molar-refractivity contribution in [3.05, 3.63) is 53.6 Å². The zero-order valence-corrected chi connectivity index (χ0v) is 16.7. The molecule has 1 saturated heterocycles. The summed E-state index contributed by atoms with van der Waals surface area (Å²) in [6.07, 6.45) is 4.16. The maximum absolute atomic E-state index is 5.00. The second-order valence-electron chi connectivity index (χ2n) is 8.16. The predicted molar refractivity (Wildman–Crippen MR) is 113 cm³/mol. The van der Waals surface area contributed by atoms with Crippen LogP contribution < -0.4 is 4.90 Å². The number of rotatable bonds is 4. The fourth-order valence-electron chi connectivity index (χ4n) is 4.61. The molecule has 1 aliphatic heterocycles. The number of H-pyrrole nitrogens is 1. The molecule has 0 amide bonds. The van der Waals surface area contributed by atoms with Gasteiger partial charge < -0.3 is 14.8 Å². The number of aromatic amines is 1. The van der Waals surface area contributed by atoms with Crippen LogP contribution in [-0.4, -0.2) is 65.0 Å². The molecule has 1 fully saturated rings. The number of nitrogens with one attached hydrogen (secondary N) is 1. The number of anilines is 1. The molecule has 1 aliphatic carbocycles. The van der Waals surface area contributed by atoms with Gasteiger partial charge in [0.15, 0.2) is 0 Å². The molecule has 146 valence electrons. The van der Waals surface area contributed by atoms with Gasteiger partial charge in [-0.3, -0.25) is 9.88 Å². The van der Waals surface area contributed by atoms with Gasteiger partial charge in [0.05, 0.1) is 29.5 Å². The highest BCUT2D eigenvalue weighted by Crippen LogP contribution is 2.34. The van der Waals surface area contributed by atoms with Crippen molar-refractivity contribution in [2.75, 3.05) is 45.2 Å². The van der Waals surface area contributed by atoms with E-state index >= 15 is 0 Å². The van der Waals surface area contributed by atoms with E-state index in [1.165, 1.54) is 16.9 Å². The molecule has 28 heavy (non-hydrogen) atoms. The highest BCUT2D eigenvalue weighted by atomic mass is 15.3. The van der Waals surface area contributed by atoms with E-state index in [1.807, 2.05) is 12.3 Å². The van der Waals surface area contributed by atoms with Gasteiger partial charge in [0, 0.05) is 32.4 Å². The highest BCUT2D eigenvalue weighted by molar-refractivity contribution is 5.89. The average molecular weight is 377 g/mol. The van der Waals surface area contributed by atoms with Crippen LogP contribution in [0.1, 0.15) is 29.5 Å². The Morgan fingerprint density at radius 1 is 1.14 bits per heavy atom. The molecule has 5 rings (SSSR count). The Morgan fingerprint density at radius 3 is 2.86 bits per heavy atom. The summed E-state index contributed by atoms with van der Waals surface area (Å²) in [7, 11) is 4.37. The molecule has 2 aliphatic rings. The van der Waals surface area contributed by atoms with Crippen molar-refractivity contribution in [3.8, 4) is 0 Å². The molecule has 1 unspecified atom stereocenters. The standard InChI is InChI=1S/C22H28N6/c1-26-11-13-28(14-12-26)19-7-3-6-17-22(19)25-20(24-17)15-27(2)18-9-8-16-5-4-10-23-21(16)18/h3-7,10,18H,8-9,11-15H2,1-2H3,(H,24,25). The third-order valence-corrected chi connectivity index (χ3v) is 6.24. The van der Waals surface area contributed by atoms with Crippen LogP contribution >= 0.6 is 0 Å². The molecule has 1 atom stereocenters. The molecule has 6 heteroatoms. The van der Waals surface area contributed by atoms with Crippen molar-refractivity contribution in [1.82, 2.24) is 24.8 Å². The van der Waals surface area contributed by atoms with E-state index in [9.17, 15) is 0 Å². The minimum atomic E-state index is 0.376. The van der Waals surface area contributed by atoms with Gasteiger partial charge >= 0.3 is 0 Å². The molecule has 3 heterocycles. The molecule has 1 N–H and O–H groups in total. The Balaban J connectivity index is 1.38. The topological polar surface area (TPSA) is 51.3 Å². The molecule has 3 aromatic rings. The first-order valence-electron chi connectivity index (χ1n) is 10.2. The molecule has 0 radical (unpaired) electrons. The maximum atomic E-state index is 5.00. The number of hydrogen-bond donors (Lipinski definition) is 1. The number of likely N-dealkylation sites (N-methyl/N-ethyl adjacent to an activating group) is 1. The van der Waals surface area contributed by atoms with Gasteiger partial charge in [-0.2, -0.15) is 0 Å². The number of pyridine rings is 1. The summed E-state index contributed by atoms with van der Waals surface area (Å²) in [5.41, 5.74) is 6.11. The number of aromatic nitrogens is 3. The van der Waals surface area contributed by atoms with Crippen LogP contribution in [0, 0.1) is 0 Å². The lowest BCUT2D eigenvalue weighted by atomic mass is 10.2. The number of fused-ring (bicyclic) bond motifs is 2. The SMILES string of the molecule is CN1CCN(c2cccc3[nH]c(CN(C)C4CCc5cccnc54)nc23)CC1. The molecule has 1 aromatic carbocycles. The normalized spacial score (nSPS) is 20.2. The Bertz CT molecular complexity index is 972. The molecule has 2 aromatic heterocycles. The van der Waals surface area contributed by atoms with E-state index in [0.29, 0.717) is 6.04 Å². The molecule has 0 bridgehead atoms. The molecule has 0 spiro atoms. The second kappa shape index (κ2) is 7.18. The molecule has 6 nitrogen and oxygen atoms in total. The minimum absolute atomic E-state index is 0.376. The quantitative estimate of drug-likeness (QED) is 0.759. The summed E-state index contributed by atoms with van der Waals surface area (Å²) in [5, 5.41) is 0. The number of nitrogens with zero attached hydrogens (tertiary/aromatic N) is 5. The zero-order valence-electron chi connectivity index (χ0n) is 16.7. The Kier molecular flexibility index (Phi) is 4.53. The number of imidazole rings is 1. The lowest BCUT2D eigenvalue weighted by molar-refractivity contribution is 0.227. The van der Waals surface area contributed by atoms with Crippen molar-refractivity contribution in [3.63, 3.8) is 0 Å². The number of hydrogen-bond acceptors (Lipinski definition) is 5. The van der Waals surface area contributed by atoms with Crippen LogP contribution in [0.4, 0.5) is 5.69 Å². The van der Waals surface area contributed by atoms with Gasteiger partial charge in [-0.15, -0.1) is 0 Å². The average Bonchev–Trinajstić information content (AvgIpc) is 3.32. The molecular formula is C22H28N6. The van der Waals surface area contributed by atoms with Gasteiger partial charge in [0.2, 0.25) is 0 Å². The van der Waals surface area contributed by atoms with Crippen LogP contribution in [0.2, 0.25) is 0 Å². The third-order valence-electron chi connectivity index (χ3n) is 6.24. The smallest absolute Gasteiger partial charge is 0.121 e. The van der Waals surface area contributed by atoms with E-state index in [0.717, 1.165) is 62.4 Å². The van der Waals surface area contributed by atoms with Crippen molar-refractivity contribution >= 4 is 16.7 Å². The van der Waals surface area contributed by atoms with Crippen LogP contribution in [0.25, 0.3) is 11.0 Å². The van der Waals surface area contributed by atoms with Crippen LogP contribution in [0.5, 0.6) is 0 Å². The Morgan fingerprint density at radius 2 is 2.00 bits per heavy atom.